The molecule has 32 heavy (non-hydrogen) atoms. The lowest BCUT2D eigenvalue weighted by atomic mass is 10.1. The summed E-state index contributed by atoms with van der Waals surface area (Å²) in [5.41, 5.74) is 2.61. The molecule has 2 aromatic carbocycles. The van der Waals surface area contributed by atoms with Crippen molar-refractivity contribution in [2.24, 2.45) is 0 Å². The Bertz CT molecular complexity index is 1120. The Labute approximate surface area is 197 Å². The summed E-state index contributed by atoms with van der Waals surface area (Å²) in [5, 5.41) is 0.533. The van der Waals surface area contributed by atoms with E-state index in [0.29, 0.717) is 22.0 Å². The normalized spacial score (nSPS) is 14.6. The minimum Gasteiger partial charge on any atom is -0.479 e. The third-order valence-corrected chi connectivity index (χ3v) is 5.52. The van der Waals surface area contributed by atoms with Gasteiger partial charge >= 0.3 is 5.97 Å². The van der Waals surface area contributed by atoms with Crippen LogP contribution in [0.25, 0.3) is 6.08 Å². The van der Waals surface area contributed by atoms with Gasteiger partial charge in [-0.3, -0.25) is 14.5 Å². The SMILES string of the molecule is C#CCOc1ccc(/C=C2/C(=O)N(c3ccc(CC)cc3)C(=S)N2CC(=O)OC)cc1Cl. The Morgan fingerprint density at radius 1 is 1.25 bits per heavy atom. The molecule has 0 N–H and O–H groups in total. The second kappa shape index (κ2) is 10.3. The molecule has 3 rings (SSSR count). The highest BCUT2D eigenvalue weighted by molar-refractivity contribution is 7.80. The van der Waals surface area contributed by atoms with E-state index in [1.165, 1.54) is 16.9 Å². The van der Waals surface area contributed by atoms with E-state index >= 15 is 0 Å². The van der Waals surface area contributed by atoms with Crippen LogP contribution in [-0.4, -0.2) is 42.2 Å². The van der Waals surface area contributed by atoms with Gasteiger partial charge in [0, 0.05) is 0 Å². The fourth-order valence-corrected chi connectivity index (χ4v) is 3.73. The number of thiocarbonyl (C=S) groups is 1. The van der Waals surface area contributed by atoms with Crippen molar-refractivity contribution in [3.05, 3.63) is 64.3 Å². The summed E-state index contributed by atoms with van der Waals surface area (Å²) in [4.78, 5) is 28.2. The maximum absolute atomic E-state index is 13.3. The molecule has 0 atom stereocenters. The van der Waals surface area contributed by atoms with E-state index in [1.807, 2.05) is 31.2 Å². The number of methoxy groups -OCH3 is 1. The first-order valence-corrected chi connectivity index (χ1v) is 10.6. The van der Waals surface area contributed by atoms with Crippen LogP contribution in [0.4, 0.5) is 5.69 Å². The Kier molecular flexibility index (Phi) is 7.52. The minimum atomic E-state index is -0.523. The van der Waals surface area contributed by atoms with Crippen LogP contribution in [0.5, 0.6) is 5.75 Å². The van der Waals surface area contributed by atoms with Crippen LogP contribution >= 0.6 is 23.8 Å². The predicted octanol–water partition coefficient (Wildman–Crippen LogP) is 4.06. The summed E-state index contributed by atoms with van der Waals surface area (Å²) < 4.78 is 10.2. The van der Waals surface area contributed by atoms with E-state index in [-0.39, 0.29) is 29.9 Å². The maximum atomic E-state index is 13.3. The standard InChI is InChI=1S/C24H21ClN2O4S/c1-4-12-31-21-11-8-17(13-19(21)25)14-20-23(29)27(18-9-6-16(5-2)7-10-18)24(32)26(20)15-22(28)30-3/h1,6-11,13-14H,5,12,15H2,2-3H3/b20-14-. The third kappa shape index (κ3) is 4.93. The number of rotatable bonds is 7. The fourth-order valence-electron chi connectivity index (χ4n) is 3.14. The smallest absolute Gasteiger partial charge is 0.325 e. The Morgan fingerprint density at radius 2 is 1.97 bits per heavy atom. The molecular weight excluding hydrogens is 448 g/mol. The molecule has 8 heteroatoms. The highest BCUT2D eigenvalue weighted by Crippen LogP contribution is 2.31. The van der Waals surface area contributed by atoms with Crippen molar-refractivity contribution in [2.75, 3.05) is 25.2 Å². The van der Waals surface area contributed by atoms with Crippen molar-refractivity contribution < 1.29 is 19.1 Å². The molecule has 0 aliphatic carbocycles. The highest BCUT2D eigenvalue weighted by atomic mass is 35.5. The third-order valence-electron chi connectivity index (χ3n) is 4.82. The van der Waals surface area contributed by atoms with Crippen molar-refractivity contribution in [3.63, 3.8) is 0 Å². The Balaban J connectivity index is 1.99. The number of terminal acetylenes is 1. The number of aryl methyl sites for hydroxylation is 1. The summed E-state index contributed by atoms with van der Waals surface area (Å²) in [6.45, 7) is 1.94. The zero-order valence-corrected chi connectivity index (χ0v) is 19.2. The summed E-state index contributed by atoms with van der Waals surface area (Å²) in [6, 6.07) is 12.6. The number of carbonyl (C=O) groups is 2. The van der Waals surface area contributed by atoms with E-state index in [2.05, 4.69) is 5.92 Å². The van der Waals surface area contributed by atoms with Crippen LogP contribution in [0.3, 0.4) is 0 Å². The van der Waals surface area contributed by atoms with E-state index in [1.54, 1.807) is 24.3 Å². The van der Waals surface area contributed by atoms with Crippen LogP contribution in [0.1, 0.15) is 18.1 Å². The van der Waals surface area contributed by atoms with Gasteiger partial charge in [-0.25, -0.2) is 0 Å². The van der Waals surface area contributed by atoms with Gasteiger partial charge in [-0.15, -0.1) is 6.42 Å². The van der Waals surface area contributed by atoms with E-state index < -0.39 is 5.97 Å². The van der Waals surface area contributed by atoms with Gasteiger partial charge in [-0.2, -0.15) is 0 Å². The molecule has 0 unspecified atom stereocenters. The maximum Gasteiger partial charge on any atom is 0.325 e. The molecule has 1 fully saturated rings. The molecule has 0 spiro atoms. The summed E-state index contributed by atoms with van der Waals surface area (Å²) in [5.74, 6) is 1.93. The monoisotopic (exact) mass is 468 g/mol. The number of esters is 1. The number of hydrogen-bond acceptors (Lipinski definition) is 5. The average Bonchev–Trinajstić information content (AvgIpc) is 3.02. The molecule has 2 aromatic rings. The van der Waals surface area contributed by atoms with Gasteiger partial charge in [0.2, 0.25) is 0 Å². The number of anilines is 1. The molecule has 1 saturated heterocycles. The lowest BCUT2D eigenvalue weighted by Crippen LogP contribution is -2.35. The topological polar surface area (TPSA) is 59.1 Å². The summed E-state index contributed by atoms with van der Waals surface area (Å²) in [7, 11) is 1.28. The van der Waals surface area contributed by atoms with Crippen LogP contribution in [0.15, 0.2) is 48.2 Å². The van der Waals surface area contributed by atoms with Gasteiger partial charge in [-0.05, 0) is 60.1 Å². The zero-order valence-electron chi connectivity index (χ0n) is 17.6. The fraction of sp³-hybridized carbons (Fsp3) is 0.208. The molecule has 0 radical (unpaired) electrons. The second-order valence-corrected chi connectivity index (χ2v) is 7.59. The number of carbonyl (C=O) groups excluding carboxylic acids is 2. The number of hydrogen-bond donors (Lipinski definition) is 0. The first kappa shape index (κ1) is 23.3. The molecule has 1 aliphatic rings. The van der Waals surface area contributed by atoms with E-state index in [4.69, 9.17) is 39.7 Å². The first-order valence-electron chi connectivity index (χ1n) is 9.78. The number of halogens is 1. The molecule has 0 bridgehead atoms. The number of ether oxygens (including phenoxy) is 2. The van der Waals surface area contributed by atoms with Gasteiger partial charge in [0.1, 0.15) is 24.6 Å². The summed E-state index contributed by atoms with van der Waals surface area (Å²) >= 11 is 11.8. The van der Waals surface area contributed by atoms with E-state index in [0.717, 1.165) is 12.0 Å². The molecule has 164 valence electrons. The highest BCUT2D eigenvalue weighted by Gasteiger charge is 2.40. The number of amides is 1. The molecular formula is C24H21ClN2O4S. The van der Waals surface area contributed by atoms with Crippen LogP contribution in [-0.2, 0) is 20.7 Å². The number of nitrogens with zero attached hydrogens (tertiary/aromatic N) is 2. The quantitative estimate of drug-likeness (QED) is 0.264. The molecule has 1 amide bonds. The number of benzene rings is 2. The zero-order chi connectivity index (χ0) is 23.3. The van der Waals surface area contributed by atoms with Crippen molar-refractivity contribution in [3.8, 4) is 18.1 Å². The average molecular weight is 469 g/mol. The van der Waals surface area contributed by atoms with Gasteiger partial charge in [0.05, 0.1) is 17.8 Å². The Morgan fingerprint density at radius 3 is 2.56 bits per heavy atom. The molecule has 0 aromatic heterocycles. The lowest BCUT2D eigenvalue weighted by molar-refractivity contribution is -0.140. The molecule has 0 saturated carbocycles. The largest absolute Gasteiger partial charge is 0.479 e. The van der Waals surface area contributed by atoms with Crippen LogP contribution in [0, 0.1) is 12.3 Å². The van der Waals surface area contributed by atoms with Crippen LogP contribution < -0.4 is 9.64 Å². The van der Waals surface area contributed by atoms with E-state index in [9.17, 15) is 9.59 Å². The molecule has 1 heterocycles. The van der Waals surface area contributed by atoms with Gasteiger partial charge in [0.25, 0.3) is 5.91 Å². The van der Waals surface area contributed by atoms with Crippen LogP contribution in [0.2, 0.25) is 5.02 Å². The van der Waals surface area contributed by atoms with Crippen molar-refractivity contribution in [2.45, 2.75) is 13.3 Å². The first-order chi connectivity index (χ1) is 15.4. The predicted molar refractivity (Wildman–Crippen MR) is 128 cm³/mol. The second-order valence-electron chi connectivity index (χ2n) is 6.82. The van der Waals surface area contributed by atoms with Gasteiger partial charge in [0.15, 0.2) is 5.11 Å². The van der Waals surface area contributed by atoms with Gasteiger partial charge in [-0.1, -0.05) is 42.6 Å². The van der Waals surface area contributed by atoms with Crippen molar-refractivity contribution in [1.29, 1.82) is 0 Å². The lowest BCUT2D eigenvalue weighted by Gasteiger charge is -2.19. The van der Waals surface area contributed by atoms with Gasteiger partial charge < -0.3 is 14.4 Å². The van der Waals surface area contributed by atoms with Crippen molar-refractivity contribution in [1.82, 2.24) is 4.90 Å². The molecule has 6 nitrogen and oxygen atoms in total. The minimum absolute atomic E-state index is 0.0889. The summed E-state index contributed by atoms with van der Waals surface area (Å²) in [6.07, 6.45) is 7.71. The van der Waals surface area contributed by atoms with Crippen molar-refractivity contribution >= 4 is 52.6 Å². The Hall–Kier alpha value is -3.34. The molecule has 1 aliphatic heterocycles.